The highest BCUT2D eigenvalue weighted by Gasteiger charge is 2.21. The highest BCUT2D eigenvalue weighted by molar-refractivity contribution is 7.90. The summed E-state index contributed by atoms with van der Waals surface area (Å²) in [6, 6.07) is 1.88. The van der Waals surface area contributed by atoms with Crippen molar-refractivity contribution in [3.05, 3.63) is 29.6 Å². The predicted molar refractivity (Wildman–Crippen MR) is 59.3 cm³/mol. The van der Waals surface area contributed by atoms with Crippen LogP contribution in [0.15, 0.2) is 12.1 Å². The van der Waals surface area contributed by atoms with Crippen LogP contribution in [0.25, 0.3) is 11.0 Å². The first-order valence-electron chi connectivity index (χ1n) is 4.82. The fourth-order valence-electron chi connectivity index (χ4n) is 1.42. The molecule has 0 saturated carbocycles. The first-order chi connectivity index (χ1) is 7.79. The lowest BCUT2D eigenvalue weighted by atomic mass is 10.3. The van der Waals surface area contributed by atoms with Gasteiger partial charge < -0.3 is 4.98 Å². The molecule has 17 heavy (non-hydrogen) atoms. The summed E-state index contributed by atoms with van der Waals surface area (Å²) in [5.74, 6) is -1.84. The van der Waals surface area contributed by atoms with Crippen LogP contribution in [0.1, 0.15) is 18.0 Å². The van der Waals surface area contributed by atoms with E-state index in [-0.39, 0.29) is 16.9 Å². The topological polar surface area (TPSA) is 62.8 Å². The van der Waals surface area contributed by atoms with Crippen molar-refractivity contribution in [2.24, 2.45) is 0 Å². The van der Waals surface area contributed by atoms with E-state index < -0.39 is 26.7 Å². The van der Waals surface area contributed by atoms with Crippen molar-refractivity contribution in [1.29, 1.82) is 0 Å². The standard InChI is InChI=1S/C10H10F2N2O2S/c1-5(17(2,15)16)10-13-8-3-6(11)7(12)4-9(8)14-10/h3-5H,1-2H3,(H,13,14). The number of benzene rings is 1. The van der Waals surface area contributed by atoms with Crippen LogP contribution in [-0.2, 0) is 9.84 Å². The van der Waals surface area contributed by atoms with Gasteiger partial charge in [-0.25, -0.2) is 22.2 Å². The molecule has 0 saturated heterocycles. The van der Waals surface area contributed by atoms with E-state index in [1.807, 2.05) is 0 Å². The average molecular weight is 260 g/mol. The van der Waals surface area contributed by atoms with E-state index in [1.165, 1.54) is 6.92 Å². The lowest BCUT2D eigenvalue weighted by Gasteiger charge is -2.04. The monoisotopic (exact) mass is 260 g/mol. The summed E-state index contributed by atoms with van der Waals surface area (Å²) in [6.45, 7) is 1.46. The van der Waals surface area contributed by atoms with Crippen molar-refractivity contribution in [2.45, 2.75) is 12.2 Å². The van der Waals surface area contributed by atoms with Crippen molar-refractivity contribution in [2.75, 3.05) is 6.26 Å². The van der Waals surface area contributed by atoms with E-state index in [0.717, 1.165) is 18.4 Å². The molecule has 92 valence electrons. The summed E-state index contributed by atoms with van der Waals surface area (Å²) in [5.41, 5.74) is 0.476. The molecule has 0 aliphatic rings. The molecule has 0 bridgehead atoms. The van der Waals surface area contributed by atoms with Crippen LogP contribution in [0.5, 0.6) is 0 Å². The predicted octanol–water partition coefficient (Wildman–Crippen LogP) is 1.95. The Morgan fingerprint density at radius 2 is 1.88 bits per heavy atom. The van der Waals surface area contributed by atoms with Crippen LogP contribution < -0.4 is 0 Å². The molecule has 2 rings (SSSR count). The van der Waals surface area contributed by atoms with Crippen molar-refractivity contribution in [1.82, 2.24) is 9.97 Å². The number of hydrogen-bond donors (Lipinski definition) is 1. The molecule has 0 amide bonds. The lowest BCUT2D eigenvalue weighted by Crippen LogP contribution is -2.09. The molecule has 0 aliphatic heterocycles. The number of sulfone groups is 1. The maximum absolute atomic E-state index is 13.0. The smallest absolute Gasteiger partial charge is 0.161 e. The first kappa shape index (κ1) is 12.0. The largest absolute Gasteiger partial charge is 0.341 e. The van der Waals surface area contributed by atoms with Gasteiger partial charge in [-0.3, -0.25) is 0 Å². The maximum atomic E-state index is 13.0. The van der Waals surface area contributed by atoms with E-state index in [4.69, 9.17) is 0 Å². The van der Waals surface area contributed by atoms with Crippen LogP contribution in [0.4, 0.5) is 8.78 Å². The Balaban J connectivity index is 2.59. The number of imidazole rings is 1. The van der Waals surface area contributed by atoms with E-state index in [0.29, 0.717) is 0 Å². The van der Waals surface area contributed by atoms with Gasteiger partial charge in [-0.05, 0) is 6.92 Å². The number of rotatable bonds is 2. The molecular formula is C10H10F2N2O2S. The van der Waals surface area contributed by atoms with E-state index >= 15 is 0 Å². The quantitative estimate of drug-likeness (QED) is 0.897. The van der Waals surface area contributed by atoms with Crippen molar-refractivity contribution >= 4 is 20.9 Å². The van der Waals surface area contributed by atoms with Gasteiger partial charge in [-0.15, -0.1) is 0 Å². The summed E-state index contributed by atoms with van der Waals surface area (Å²) in [5, 5.41) is -0.846. The number of fused-ring (bicyclic) bond motifs is 1. The van der Waals surface area contributed by atoms with Crippen molar-refractivity contribution in [3.8, 4) is 0 Å². The zero-order chi connectivity index (χ0) is 12.8. The van der Waals surface area contributed by atoms with Gasteiger partial charge in [0, 0.05) is 18.4 Å². The van der Waals surface area contributed by atoms with E-state index in [1.54, 1.807) is 0 Å². The Kier molecular flexibility index (Phi) is 2.65. The molecule has 1 atom stereocenters. The Morgan fingerprint density at radius 1 is 1.29 bits per heavy atom. The number of aromatic amines is 1. The van der Waals surface area contributed by atoms with Gasteiger partial charge in [0.1, 0.15) is 11.1 Å². The molecule has 1 unspecified atom stereocenters. The highest BCUT2D eigenvalue weighted by Crippen LogP contribution is 2.22. The minimum absolute atomic E-state index is 0.174. The van der Waals surface area contributed by atoms with Crippen molar-refractivity contribution < 1.29 is 17.2 Å². The molecule has 2 aromatic rings. The second-order valence-electron chi connectivity index (χ2n) is 3.88. The lowest BCUT2D eigenvalue weighted by molar-refractivity contribution is 0.510. The Labute approximate surface area is 96.6 Å². The van der Waals surface area contributed by atoms with E-state index in [9.17, 15) is 17.2 Å². The normalized spacial score (nSPS) is 14.1. The molecule has 4 nitrogen and oxygen atoms in total. The molecule has 0 radical (unpaired) electrons. The molecule has 1 aromatic heterocycles. The van der Waals surface area contributed by atoms with Crippen LogP contribution in [0.2, 0.25) is 0 Å². The molecule has 7 heteroatoms. The number of nitrogens with zero attached hydrogens (tertiary/aromatic N) is 1. The van der Waals surface area contributed by atoms with Gasteiger partial charge >= 0.3 is 0 Å². The summed E-state index contributed by atoms with van der Waals surface area (Å²) in [6.07, 6.45) is 1.08. The fraction of sp³-hybridized carbons (Fsp3) is 0.300. The third-order valence-electron chi connectivity index (χ3n) is 2.57. The number of halogens is 2. The molecule has 1 heterocycles. The third-order valence-corrected chi connectivity index (χ3v) is 4.08. The Bertz CT molecular complexity index is 640. The number of nitrogens with one attached hydrogen (secondary N) is 1. The molecule has 1 N–H and O–H groups in total. The Hall–Kier alpha value is -1.50. The zero-order valence-electron chi connectivity index (χ0n) is 9.16. The van der Waals surface area contributed by atoms with Crippen LogP contribution >= 0.6 is 0 Å². The highest BCUT2D eigenvalue weighted by atomic mass is 32.2. The second-order valence-corrected chi connectivity index (χ2v) is 6.24. The van der Waals surface area contributed by atoms with Gasteiger partial charge in [0.25, 0.3) is 0 Å². The molecule has 0 aliphatic carbocycles. The third kappa shape index (κ3) is 2.14. The van der Waals surface area contributed by atoms with Crippen LogP contribution in [0, 0.1) is 11.6 Å². The number of hydrogen-bond acceptors (Lipinski definition) is 3. The summed E-state index contributed by atoms with van der Waals surface area (Å²) in [4.78, 5) is 6.61. The molecule has 0 fully saturated rings. The first-order valence-corrected chi connectivity index (χ1v) is 6.78. The van der Waals surface area contributed by atoms with Gasteiger partial charge in [0.2, 0.25) is 0 Å². The average Bonchev–Trinajstić information content (AvgIpc) is 2.59. The summed E-state index contributed by atoms with van der Waals surface area (Å²) >= 11 is 0. The summed E-state index contributed by atoms with van der Waals surface area (Å²) < 4.78 is 48.6. The SMILES string of the molecule is CC(c1nc2cc(F)c(F)cc2[nH]1)S(C)(=O)=O. The summed E-state index contributed by atoms with van der Waals surface area (Å²) in [7, 11) is -3.31. The van der Waals surface area contributed by atoms with Gasteiger partial charge in [-0.2, -0.15) is 0 Å². The minimum atomic E-state index is -3.31. The van der Waals surface area contributed by atoms with E-state index in [2.05, 4.69) is 9.97 Å². The second kappa shape index (κ2) is 3.76. The van der Waals surface area contributed by atoms with Gasteiger partial charge in [-0.1, -0.05) is 0 Å². The molecule has 1 aromatic carbocycles. The number of aromatic nitrogens is 2. The fourth-order valence-corrected chi connectivity index (χ4v) is 1.94. The molecule has 0 spiro atoms. The minimum Gasteiger partial charge on any atom is -0.341 e. The van der Waals surface area contributed by atoms with Gasteiger partial charge in [0.15, 0.2) is 21.5 Å². The zero-order valence-corrected chi connectivity index (χ0v) is 9.98. The Morgan fingerprint density at radius 3 is 2.47 bits per heavy atom. The maximum Gasteiger partial charge on any atom is 0.161 e. The number of H-pyrrole nitrogens is 1. The van der Waals surface area contributed by atoms with Crippen molar-refractivity contribution in [3.63, 3.8) is 0 Å². The van der Waals surface area contributed by atoms with Crippen LogP contribution in [-0.4, -0.2) is 24.6 Å². The van der Waals surface area contributed by atoms with Crippen LogP contribution in [0.3, 0.4) is 0 Å². The van der Waals surface area contributed by atoms with Gasteiger partial charge in [0.05, 0.1) is 11.0 Å². The molecular weight excluding hydrogens is 250 g/mol.